The second-order valence-corrected chi connectivity index (χ2v) is 8.78. The first-order valence-corrected chi connectivity index (χ1v) is 10.8. The van der Waals surface area contributed by atoms with Crippen molar-refractivity contribution in [1.29, 1.82) is 0 Å². The zero-order valence-corrected chi connectivity index (χ0v) is 16.6. The standard InChI is InChI=1S/C22H18F2N2O3S/c23-17-10-11-20(19(24)14-17)25-22(27)16-6-3-8-18(13-16)30(28,29)26-12-4-7-15-5-1-2-9-21(15)26/h1-3,5-6,8-11,13-14H,4,7,12H2,(H,25,27). The molecule has 0 saturated heterocycles. The number of hydrogen-bond acceptors (Lipinski definition) is 3. The first-order valence-electron chi connectivity index (χ1n) is 9.33. The predicted octanol–water partition coefficient (Wildman–Crippen LogP) is 4.36. The Morgan fingerprint density at radius 1 is 0.967 bits per heavy atom. The highest BCUT2D eigenvalue weighted by atomic mass is 32.2. The number of fused-ring (bicyclic) bond motifs is 1. The summed E-state index contributed by atoms with van der Waals surface area (Å²) < 4.78 is 54.8. The minimum atomic E-state index is -3.89. The van der Waals surface area contributed by atoms with E-state index in [2.05, 4.69) is 5.32 Å². The van der Waals surface area contributed by atoms with Gasteiger partial charge in [0.1, 0.15) is 11.6 Å². The third kappa shape index (κ3) is 3.78. The molecule has 0 atom stereocenters. The number of benzene rings is 3. The van der Waals surface area contributed by atoms with Crippen LogP contribution in [0.3, 0.4) is 0 Å². The van der Waals surface area contributed by atoms with Gasteiger partial charge in [0.25, 0.3) is 15.9 Å². The SMILES string of the molecule is O=C(Nc1ccc(F)cc1F)c1cccc(S(=O)(=O)N2CCCc3ccccc32)c1. The molecule has 0 aromatic heterocycles. The maximum atomic E-state index is 13.8. The fourth-order valence-electron chi connectivity index (χ4n) is 3.46. The van der Waals surface area contributed by atoms with Crippen LogP contribution in [0, 0.1) is 11.6 Å². The summed E-state index contributed by atoms with van der Waals surface area (Å²) in [7, 11) is -3.89. The smallest absolute Gasteiger partial charge is 0.264 e. The number of anilines is 2. The highest BCUT2D eigenvalue weighted by Crippen LogP contribution is 2.32. The third-order valence-electron chi connectivity index (χ3n) is 4.93. The Hall–Kier alpha value is -3.26. The van der Waals surface area contributed by atoms with Crippen molar-refractivity contribution in [1.82, 2.24) is 0 Å². The monoisotopic (exact) mass is 428 g/mol. The topological polar surface area (TPSA) is 66.5 Å². The van der Waals surface area contributed by atoms with Gasteiger partial charge in [-0.1, -0.05) is 24.3 Å². The molecule has 5 nitrogen and oxygen atoms in total. The van der Waals surface area contributed by atoms with Crippen LogP contribution in [0.25, 0.3) is 0 Å². The van der Waals surface area contributed by atoms with Crippen molar-refractivity contribution in [2.24, 2.45) is 0 Å². The van der Waals surface area contributed by atoms with Crippen molar-refractivity contribution in [3.63, 3.8) is 0 Å². The Morgan fingerprint density at radius 3 is 2.57 bits per heavy atom. The molecule has 3 aromatic carbocycles. The molecule has 0 spiro atoms. The van der Waals surface area contributed by atoms with Crippen LogP contribution in [0.15, 0.2) is 71.6 Å². The number of rotatable bonds is 4. The third-order valence-corrected chi connectivity index (χ3v) is 6.74. The van der Waals surface area contributed by atoms with Crippen LogP contribution < -0.4 is 9.62 Å². The minimum Gasteiger partial charge on any atom is -0.319 e. The van der Waals surface area contributed by atoms with Crippen LogP contribution in [0.2, 0.25) is 0 Å². The Labute approximate surface area is 173 Å². The second-order valence-electron chi connectivity index (χ2n) is 6.92. The largest absolute Gasteiger partial charge is 0.319 e. The summed E-state index contributed by atoms with van der Waals surface area (Å²) >= 11 is 0. The maximum absolute atomic E-state index is 13.8. The number of sulfonamides is 1. The van der Waals surface area contributed by atoms with E-state index in [1.54, 1.807) is 12.1 Å². The Bertz CT molecular complexity index is 1230. The van der Waals surface area contributed by atoms with Crippen LogP contribution in [-0.2, 0) is 16.4 Å². The summed E-state index contributed by atoms with van der Waals surface area (Å²) in [6.07, 6.45) is 1.49. The van der Waals surface area contributed by atoms with Gasteiger partial charge in [-0.3, -0.25) is 9.10 Å². The summed E-state index contributed by atoms with van der Waals surface area (Å²) in [5.74, 6) is -2.38. The van der Waals surface area contributed by atoms with Crippen molar-refractivity contribution in [3.8, 4) is 0 Å². The van der Waals surface area contributed by atoms with E-state index in [0.29, 0.717) is 24.7 Å². The van der Waals surface area contributed by atoms with Crippen LogP contribution in [0.4, 0.5) is 20.2 Å². The summed E-state index contributed by atoms with van der Waals surface area (Å²) in [5.41, 5.74) is 1.43. The average Bonchev–Trinajstić information content (AvgIpc) is 2.75. The van der Waals surface area contributed by atoms with Crippen molar-refractivity contribution >= 4 is 27.3 Å². The number of amides is 1. The van der Waals surface area contributed by atoms with Crippen molar-refractivity contribution in [2.75, 3.05) is 16.2 Å². The molecule has 0 fully saturated rings. The van der Waals surface area contributed by atoms with Gasteiger partial charge in [0.2, 0.25) is 0 Å². The molecule has 1 amide bonds. The van der Waals surface area contributed by atoms with E-state index < -0.39 is 27.6 Å². The number of carbonyl (C=O) groups is 1. The summed E-state index contributed by atoms with van der Waals surface area (Å²) in [5, 5.41) is 2.34. The summed E-state index contributed by atoms with van der Waals surface area (Å²) in [6.45, 7) is 0.344. The molecule has 0 bridgehead atoms. The van der Waals surface area contributed by atoms with Crippen LogP contribution in [-0.4, -0.2) is 20.9 Å². The quantitative estimate of drug-likeness (QED) is 0.672. The lowest BCUT2D eigenvalue weighted by molar-refractivity contribution is 0.102. The number of aryl methyl sites for hydroxylation is 1. The van der Waals surface area contributed by atoms with Gasteiger partial charge < -0.3 is 5.32 Å². The molecule has 1 aliphatic heterocycles. The molecular formula is C22H18F2N2O3S. The highest BCUT2D eigenvalue weighted by Gasteiger charge is 2.29. The molecule has 0 aliphatic carbocycles. The highest BCUT2D eigenvalue weighted by molar-refractivity contribution is 7.92. The number of carbonyl (C=O) groups excluding carboxylic acids is 1. The van der Waals surface area contributed by atoms with E-state index in [-0.39, 0.29) is 16.1 Å². The molecule has 8 heteroatoms. The van der Waals surface area contributed by atoms with Crippen LogP contribution in [0.5, 0.6) is 0 Å². The van der Waals surface area contributed by atoms with E-state index in [1.165, 1.54) is 28.6 Å². The van der Waals surface area contributed by atoms with Crippen molar-refractivity contribution < 1.29 is 22.0 Å². The lowest BCUT2D eigenvalue weighted by Crippen LogP contribution is -2.35. The van der Waals surface area contributed by atoms with Crippen LogP contribution in [0.1, 0.15) is 22.3 Å². The fraction of sp³-hybridized carbons (Fsp3) is 0.136. The van der Waals surface area contributed by atoms with Crippen molar-refractivity contribution in [2.45, 2.75) is 17.7 Å². The van der Waals surface area contributed by atoms with Crippen molar-refractivity contribution in [3.05, 3.63) is 89.5 Å². The molecule has 4 rings (SSSR count). The molecule has 0 unspecified atom stereocenters. The lowest BCUT2D eigenvalue weighted by Gasteiger charge is -2.30. The van der Waals surface area contributed by atoms with Gasteiger partial charge in [0.05, 0.1) is 16.3 Å². The molecule has 1 N–H and O–H groups in total. The first kappa shape index (κ1) is 20.0. The summed E-state index contributed by atoms with van der Waals surface area (Å²) in [4.78, 5) is 12.5. The van der Waals surface area contributed by atoms with Gasteiger partial charge in [-0.2, -0.15) is 0 Å². The molecule has 1 aliphatic rings. The van der Waals surface area contributed by atoms with Crippen LogP contribution >= 0.6 is 0 Å². The van der Waals surface area contributed by atoms with E-state index in [4.69, 9.17) is 0 Å². The Kier molecular flexibility index (Phi) is 5.26. The second kappa shape index (κ2) is 7.87. The normalized spacial score (nSPS) is 13.6. The molecule has 154 valence electrons. The van der Waals surface area contributed by atoms with Gasteiger partial charge >= 0.3 is 0 Å². The average molecular weight is 428 g/mol. The van der Waals surface area contributed by atoms with Gasteiger partial charge in [-0.05, 0) is 54.8 Å². The predicted molar refractivity (Wildman–Crippen MR) is 110 cm³/mol. The van der Waals surface area contributed by atoms with Gasteiger partial charge in [0, 0.05) is 18.2 Å². The molecule has 0 saturated carbocycles. The number of hydrogen-bond donors (Lipinski definition) is 1. The number of para-hydroxylation sites is 1. The number of halogens is 2. The van der Waals surface area contributed by atoms with Gasteiger partial charge in [-0.25, -0.2) is 17.2 Å². The number of nitrogens with zero attached hydrogens (tertiary/aromatic N) is 1. The Balaban J connectivity index is 1.64. The van der Waals surface area contributed by atoms with E-state index in [1.807, 2.05) is 12.1 Å². The van der Waals surface area contributed by atoms with E-state index >= 15 is 0 Å². The van der Waals surface area contributed by atoms with Gasteiger partial charge in [0.15, 0.2) is 0 Å². The minimum absolute atomic E-state index is 0.0357. The lowest BCUT2D eigenvalue weighted by atomic mass is 10.0. The zero-order valence-electron chi connectivity index (χ0n) is 15.8. The molecule has 1 heterocycles. The van der Waals surface area contributed by atoms with E-state index in [9.17, 15) is 22.0 Å². The number of nitrogens with one attached hydrogen (secondary N) is 1. The summed E-state index contributed by atoms with van der Waals surface area (Å²) in [6, 6.07) is 15.7. The molecule has 3 aromatic rings. The molecule has 30 heavy (non-hydrogen) atoms. The fourth-order valence-corrected chi connectivity index (χ4v) is 5.05. The molecule has 0 radical (unpaired) electrons. The zero-order chi connectivity index (χ0) is 21.3. The first-order chi connectivity index (χ1) is 14.4. The maximum Gasteiger partial charge on any atom is 0.264 e. The Morgan fingerprint density at radius 2 is 1.77 bits per heavy atom. The van der Waals surface area contributed by atoms with Gasteiger partial charge in [-0.15, -0.1) is 0 Å². The molecular weight excluding hydrogens is 410 g/mol. The van der Waals surface area contributed by atoms with E-state index in [0.717, 1.165) is 24.1 Å².